The van der Waals surface area contributed by atoms with E-state index < -0.39 is 8.07 Å². The van der Waals surface area contributed by atoms with Crippen molar-refractivity contribution < 1.29 is 9.53 Å². The zero-order valence-corrected chi connectivity index (χ0v) is 13.5. The number of hydrogen-bond donors (Lipinski definition) is 0. The molecular formula is C15H26O2Si. The summed E-state index contributed by atoms with van der Waals surface area (Å²) in [6.45, 7) is 13.8. The Hall–Kier alpha value is -0.753. The summed E-state index contributed by atoms with van der Waals surface area (Å²) in [4.78, 5) is 11.1. The molecule has 1 fully saturated rings. The van der Waals surface area contributed by atoms with Crippen molar-refractivity contribution >= 4 is 14.0 Å². The van der Waals surface area contributed by atoms with Crippen LogP contribution in [0, 0.1) is 11.5 Å². The van der Waals surface area contributed by atoms with E-state index in [4.69, 9.17) is 4.74 Å². The van der Waals surface area contributed by atoms with E-state index in [0.717, 1.165) is 6.42 Å². The molecule has 0 saturated carbocycles. The second-order valence-electron chi connectivity index (χ2n) is 6.18. The van der Waals surface area contributed by atoms with E-state index in [1.54, 1.807) is 0 Å². The molecular weight excluding hydrogens is 240 g/mol. The number of carbonyl (C=O) groups excluding carboxylic acids is 1. The van der Waals surface area contributed by atoms with Gasteiger partial charge in [0, 0.05) is 6.42 Å². The van der Waals surface area contributed by atoms with Crippen LogP contribution in [0.1, 0.15) is 54.4 Å². The van der Waals surface area contributed by atoms with E-state index in [0.29, 0.717) is 23.0 Å². The molecule has 0 aromatic rings. The van der Waals surface area contributed by atoms with E-state index in [-0.39, 0.29) is 12.1 Å². The Morgan fingerprint density at radius 1 is 1.11 bits per heavy atom. The number of carbonyl (C=O) groups is 1. The van der Waals surface area contributed by atoms with Crippen LogP contribution in [0.15, 0.2) is 0 Å². The van der Waals surface area contributed by atoms with Gasteiger partial charge in [-0.05, 0) is 16.6 Å². The monoisotopic (exact) mass is 266 g/mol. The summed E-state index contributed by atoms with van der Waals surface area (Å²) >= 11 is 0. The molecule has 18 heavy (non-hydrogen) atoms. The molecule has 1 heterocycles. The van der Waals surface area contributed by atoms with Crippen LogP contribution in [0.25, 0.3) is 0 Å². The zero-order chi connectivity index (χ0) is 13.9. The van der Waals surface area contributed by atoms with Gasteiger partial charge in [0.05, 0.1) is 6.42 Å². The molecule has 0 aliphatic carbocycles. The third-order valence-electron chi connectivity index (χ3n) is 4.20. The van der Waals surface area contributed by atoms with Gasteiger partial charge in [-0.3, -0.25) is 4.79 Å². The molecule has 0 spiro atoms. The number of esters is 1. The van der Waals surface area contributed by atoms with Crippen LogP contribution in [0.4, 0.5) is 0 Å². The van der Waals surface area contributed by atoms with Crippen molar-refractivity contribution in [3.8, 4) is 11.5 Å². The van der Waals surface area contributed by atoms with Gasteiger partial charge in [-0.15, -0.1) is 5.54 Å². The first-order chi connectivity index (χ1) is 8.30. The molecule has 1 aliphatic heterocycles. The highest BCUT2D eigenvalue weighted by Crippen LogP contribution is 2.40. The molecule has 1 aliphatic rings. The highest BCUT2D eigenvalue weighted by molar-refractivity contribution is 6.90. The maximum Gasteiger partial charge on any atom is 0.307 e. The first-order valence-corrected chi connectivity index (χ1v) is 9.26. The molecule has 1 unspecified atom stereocenters. The highest BCUT2D eigenvalue weighted by Gasteiger charge is 2.42. The first kappa shape index (κ1) is 15.3. The van der Waals surface area contributed by atoms with Crippen LogP contribution in [-0.4, -0.2) is 20.1 Å². The van der Waals surface area contributed by atoms with Gasteiger partial charge in [0.25, 0.3) is 0 Å². The van der Waals surface area contributed by atoms with E-state index in [2.05, 4.69) is 53.0 Å². The largest absolute Gasteiger partial charge is 0.449 e. The average molecular weight is 266 g/mol. The van der Waals surface area contributed by atoms with Crippen molar-refractivity contribution in [3.05, 3.63) is 0 Å². The minimum absolute atomic E-state index is 0.0970. The summed E-state index contributed by atoms with van der Waals surface area (Å²) in [7, 11) is -1.67. The Morgan fingerprint density at radius 2 is 1.61 bits per heavy atom. The Balaban J connectivity index is 2.98. The topological polar surface area (TPSA) is 26.3 Å². The normalized spacial score (nSPS) is 20.3. The fourth-order valence-corrected chi connectivity index (χ4v) is 8.54. The third kappa shape index (κ3) is 2.98. The fraction of sp³-hybridized carbons (Fsp3) is 0.800. The molecule has 3 heteroatoms. The quantitative estimate of drug-likeness (QED) is 0.440. The van der Waals surface area contributed by atoms with E-state index >= 15 is 0 Å². The molecule has 0 radical (unpaired) electrons. The fourth-order valence-electron chi connectivity index (χ4n) is 3.27. The summed E-state index contributed by atoms with van der Waals surface area (Å²) in [5.41, 5.74) is 5.49. The molecule has 1 atom stereocenters. The van der Waals surface area contributed by atoms with Gasteiger partial charge in [-0.25, -0.2) is 0 Å². The Bertz CT molecular complexity index is 339. The smallest absolute Gasteiger partial charge is 0.307 e. The zero-order valence-electron chi connectivity index (χ0n) is 12.5. The molecule has 1 rings (SSSR count). The van der Waals surface area contributed by atoms with E-state index in [1.807, 2.05) is 0 Å². The van der Waals surface area contributed by atoms with Crippen LogP contribution in [0.2, 0.25) is 16.6 Å². The Labute approximate surface area is 112 Å². The molecule has 2 nitrogen and oxygen atoms in total. The van der Waals surface area contributed by atoms with Crippen LogP contribution in [0.3, 0.4) is 0 Å². The lowest BCUT2D eigenvalue weighted by Gasteiger charge is -2.38. The van der Waals surface area contributed by atoms with Crippen LogP contribution < -0.4 is 0 Å². The summed E-state index contributed by atoms with van der Waals surface area (Å²) in [6, 6.07) is 0. The van der Waals surface area contributed by atoms with Crippen molar-refractivity contribution in [3.63, 3.8) is 0 Å². The van der Waals surface area contributed by atoms with Crippen LogP contribution in [0.5, 0.6) is 0 Å². The molecule has 0 amide bonds. The minimum Gasteiger partial charge on any atom is -0.449 e. The Kier molecular flexibility index (Phi) is 5.04. The van der Waals surface area contributed by atoms with Crippen molar-refractivity contribution in [2.75, 3.05) is 0 Å². The lowest BCUT2D eigenvalue weighted by Crippen LogP contribution is -2.43. The Morgan fingerprint density at radius 3 is 1.94 bits per heavy atom. The van der Waals surface area contributed by atoms with Crippen LogP contribution >= 0.6 is 0 Å². The predicted octanol–water partition coefficient (Wildman–Crippen LogP) is 3.91. The maximum absolute atomic E-state index is 11.1. The van der Waals surface area contributed by atoms with E-state index in [1.165, 1.54) is 0 Å². The van der Waals surface area contributed by atoms with Crippen molar-refractivity contribution in [1.29, 1.82) is 0 Å². The molecule has 1 saturated heterocycles. The van der Waals surface area contributed by atoms with Gasteiger partial charge in [0.15, 0.2) is 6.10 Å². The van der Waals surface area contributed by atoms with E-state index in [9.17, 15) is 4.79 Å². The second-order valence-corrected chi connectivity index (χ2v) is 11.8. The lowest BCUT2D eigenvalue weighted by molar-refractivity contribution is -0.139. The molecule has 102 valence electrons. The number of hydrogen-bond acceptors (Lipinski definition) is 2. The van der Waals surface area contributed by atoms with Gasteiger partial charge in [-0.1, -0.05) is 47.5 Å². The number of cyclic esters (lactones) is 1. The minimum atomic E-state index is -1.67. The molecule has 0 aromatic carbocycles. The van der Waals surface area contributed by atoms with Gasteiger partial charge >= 0.3 is 5.97 Å². The summed E-state index contributed by atoms with van der Waals surface area (Å²) < 4.78 is 5.21. The average Bonchev–Trinajstić information content (AvgIpc) is 2.63. The molecule has 0 bridgehead atoms. The SMILES string of the molecule is CC(C)[Si](C#CC1CCC(=O)O1)(C(C)C)C(C)C. The summed E-state index contributed by atoms with van der Waals surface area (Å²) in [5, 5.41) is 0. The van der Waals surface area contributed by atoms with Gasteiger partial charge in [0.1, 0.15) is 8.07 Å². The maximum atomic E-state index is 11.1. The van der Waals surface area contributed by atoms with Gasteiger partial charge in [0.2, 0.25) is 0 Å². The molecule has 0 aromatic heterocycles. The first-order valence-electron chi connectivity index (χ1n) is 7.02. The van der Waals surface area contributed by atoms with Crippen molar-refractivity contribution in [2.45, 2.75) is 77.1 Å². The highest BCUT2D eigenvalue weighted by atomic mass is 28.3. The van der Waals surface area contributed by atoms with Gasteiger partial charge < -0.3 is 4.74 Å². The second kappa shape index (κ2) is 5.93. The molecule has 0 N–H and O–H groups in total. The van der Waals surface area contributed by atoms with Crippen LogP contribution in [-0.2, 0) is 9.53 Å². The summed E-state index contributed by atoms with van der Waals surface area (Å²) in [6.07, 6.45) is 1.14. The number of rotatable bonds is 3. The third-order valence-corrected chi connectivity index (χ3v) is 10.5. The van der Waals surface area contributed by atoms with Crippen molar-refractivity contribution in [1.82, 2.24) is 0 Å². The standard InChI is InChI=1S/C15H26O2Si/c1-11(2)18(12(3)4,13(5)6)10-9-14-7-8-15(16)17-14/h11-14H,7-8H2,1-6H3. The van der Waals surface area contributed by atoms with Crippen molar-refractivity contribution in [2.24, 2.45) is 0 Å². The number of ether oxygens (including phenoxy) is 1. The predicted molar refractivity (Wildman–Crippen MR) is 77.9 cm³/mol. The van der Waals surface area contributed by atoms with Gasteiger partial charge in [-0.2, -0.15) is 0 Å². The lowest BCUT2D eigenvalue weighted by atomic mass is 10.2. The summed E-state index contributed by atoms with van der Waals surface area (Å²) in [5.74, 6) is 3.17.